The Kier molecular flexibility index (Phi) is 4.09. The van der Waals surface area contributed by atoms with Gasteiger partial charge in [-0.3, -0.25) is 13.9 Å². The third-order valence-electron chi connectivity index (χ3n) is 5.66. The molecule has 0 saturated carbocycles. The van der Waals surface area contributed by atoms with Gasteiger partial charge < -0.3 is 9.47 Å². The van der Waals surface area contributed by atoms with Crippen LogP contribution in [0.3, 0.4) is 0 Å². The predicted octanol–water partition coefficient (Wildman–Crippen LogP) is 2.54. The number of fused-ring (bicyclic) bond motifs is 3. The first-order valence-electron chi connectivity index (χ1n) is 9.73. The summed E-state index contributed by atoms with van der Waals surface area (Å²) in [6.45, 7) is 3.41. The molecule has 30 heavy (non-hydrogen) atoms. The monoisotopic (exact) mass is 405 g/mol. The Morgan fingerprint density at radius 3 is 2.50 bits per heavy atom. The van der Waals surface area contributed by atoms with Crippen LogP contribution in [0.15, 0.2) is 58.1 Å². The van der Waals surface area contributed by atoms with Gasteiger partial charge in [0.15, 0.2) is 11.2 Å². The molecule has 0 radical (unpaired) electrons. The molecule has 0 atom stereocenters. The molecule has 4 aromatic rings. The van der Waals surface area contributed by atoms with Gasteiger partial charge in [-0.15, -0.1) is 0 Å². The molecule has 0 N–H and O–H groups in total. The molecule has 2 aromatic heterocycles. The first-order valence-corrected chi connectivity index (χ1v) is 9.73. The van der Waals surface area contributed by atoms with Crippen molar-refractivity contribution in [2.75, 3.05) is 11.4 Å². The molecule has 1 aliphatic heterocycles. The van der Waals surface area contributed by atoms with E-state index < -0.39 is 5.69 Å². The molecular weight excluding hydrogens is 385 g/mol. The molecule has 0 spiro atoms. The van der Waals surface area contributed by atoms with Crippen LogP contribution in [-0.2, 0) is 20.1 Å². The Labute approximate surface area is 171 Å². The molecule has 152 valence electrons. The molecule has 8 heteroatoms. The van der Waals surface area contributed by atoms with Gasteiger partial charge in [0.1, 0.15) is 5.82 Å². The topological polar surface area (TPSA) is 65.1 Å². The van der Waals surface area contributed by atoms with Gasteiger partial charge in [-0.25, -0.2) is 9.18 Å². The summed E-state index contributed by atoms with van der Waals surface area (Å²) in [5.74, 6) is 0.297. The van der Waals surface area contributed by atoms with Gasteiger partial charge in [0.2, 0.25) is 5.95 Å². The number of imidazole rings is 1. The van der Waals surface area contributed by atoms with Gasteiger partial charge in [0, 0.05) is 25.8 Å². The summed E-state index contributed by atoms with van der Waals surface area (Å²) in [6.07, 6.45) is 0. The van der Waals surface area contributed by atoms with E-state index in [4.69, 9.17) is 0 Å². The van der Waals surface area contributed by atoms with Crippen LogP contribution in [0, 0.1) is 12.7 Å². The Morgan fingerprint density at radius 1 is 1.03 bits per heavy atom. The van der Waals surface area contributed by atoms with Gasteiger partial charge in [0.05, 0.1) is 6.54 Å². The van der Waals surface area contributed by atoms with E-state index in [0.717, 1.165) is 11.3 Å². The highest BCUT2D eigenvalue weighted by Gasteiger charge is 2.29. The molecular formula is C22H20FN5O2. The second-order valence-electron chi connectivity index (χ2n) is 7.53. The van der Waals surface area contributed by atoms with Crippen LogP contribution in [0.2, 0.25) is 0 Å². The second kappa shape index (κ2) is 6.69. The molecule has 0 saturated heterocycles. The van der Waals surface area contributed by atoms with Crippen molar-refractivity contribution in [1.82, 2.24) is 18.7 Å². The quantitative estimate of drug-likeness (QED) is 0.526. The summed E-state index contributed by atoms with van der Waals surface area (Å²) in [5, 5.41) is 0. The number of aromatic nitrogens is 4. The lowest BCUT2D eigenvalue weighted by Crippen LogP contribution is -2.40. The van der Waals surface area contributed by atoms with Crippen molar-refractivity contribution in [2.45, 2.75) is 20.0 Å². The van der Waals surface area contributed by atoms with Gasteiger partial charge in [0.25, 0.3) is 5.56 Å². The van der Waals surface area contributed by atoms with Gasteiger partial charge in [-0.05, 0) is 36.2 Å². The predicted molar refractivity (Wildman–Crippen MR) is 113 cm³/mol. The zero-order valence-electron chi connectivity index (χ0n) is 16.7. The molecule has 5 rings (SSSR count). The Bertz CT molecular complexity index is 1400. The van der Waals surface area contributed by atoms with Crippen LogP contribution in [-0.4, -0.2) is 25.2 Å². The minimum Gasteiger partial charge on any atom is -0.310 e. The fourth-order valence-electron chi connectivity index (χ4n) is 4.08. The summed E-state index contributed by atoms with van der Waals surface area (Å²) in [6, 6.07) is 13.8. The van der Waals surface area contributed by atoms with Gasteiger partial charge in [-0.1, -0.05) is 30.3 Å². The summed E-state index contributed by atoms with van der Waals surface area (Å²) in [7, 11) is 1.62. The molecule has 0 amide bonds. The van der Waals surface area contributed by atoms with Crippen LogP contribution < -0.4 is 16.1 Å². The molecule has 0 bridgehead atoms. The smallest absolute Gasteiger partial charge is 0.310 e. The van der Waals surface area contributed by atoms with Crippen molar-refractivity contribution in [2.24, 2.45) is 7.05 Å². The zero-order chi connectivity index (χ0) is 21.0. The van der Waals surface area contributed by atoms with Crippen LogP contribution >= 0.6 is 0 Å². The summed E-state index contributed by atoms with van der Waals surface area (Å²) < 4.78 is 17.7. The number of hydrogen-bond acceptors (Lipinski definition) is 4. The van der Waals surface area contributed by atoms with Crippen molar-refractivity contribution in [3.8, 4) is 0 Å². The molecule has 3 heterocycles. The highest BCUT2D eigenvalue weighted by molar-refractivity contribution is 5.78. The minimum atomic E-state index is -0.448. The number of rotatable bonds is 3. The summed E-state index contributed by atoms with van der Waals surface area (Å²) in [5.41, 5.74) is 2.76. The van der Waals surface area contributed by atoms with E-state index in [1.807, 2.05) is 35.8 Å². The maximum atomic E-state index is 13.3. The molecule has 7 nitrogen and oxygen atoms in total. The molecule has 0 unspecified atom stereocenters. The van der Waals surface area contributed by atoms with Crippen molar-refractivity contribution in [3.63, 3.8) is 0 Å². The van der Waals surface area contributed by atoms with E-state index in [1.54, 1.807) is 19.2 Å². The third kappa shape index (κ3) is 2.67. The van der Waals surface area contributed by atoms with Crippen molar-refractivity contribution in [3.05, 3.63) is 86.3 Å². The fourth-order valence-corrected chi connectivity index (χ4v) is 4.08. The lowest BCUT2D eigenvalue weighted by Gasteiger charge is -2.18. The maximum Gasteiger partial charge on any atom is 0.332 e. The van der Waals surface area contributed by atoms with Gasteiger partial charge in [-0.2, -0.15) is 4.98 Å². The van der Waals surface area contributed by atoms with E-state index >= 15 is 0 Å². The SMILES string of the molecule is Cc1ccccc1N1CCn2c1nc1c2c(=O)n(Cc2ccc(F)cc2)c(=O)n1C. The second-order valence-corrected chi connectivity index (χ2v) is 7.53. The van der Waals surface area contributed by atoms with Crippen molar-refractivity contribution in [1.29, 1.82) is 0 Å². The third-order valence-corrected chi connectivity index (χ3v) is 5.66. The number of aryl methyl sites for hydroxylation is 2. The number of nitrogens with zero attached hydrogens (tertiary/aromatic N) is 5. The number of anilines is 2. The van der Waals surface area contributed by atoms with Crippen LogP contribution in [0.4, 0.5) is 16.0 Å². The Hall–Kier alpha value is -3.68. The van der Waals surface area contributed by atoms with E-state index in [1.165, 1.54) is 21.3 Å². The highest BCUT2D eigenvalue weighted by Crippen LogP contribution is 2.33. The van der Waals surface area contributed by atoms with Crippen LogP contribution in [0.5, 0.6) is 0 Å². The van der Waals surface area contributed by atoms with E-state index in [2.05, 4.69) is 9.88 Å². The normalized spacial score (nSPS) is 13.2. The minimum absolute atomic E-state index is 0.0732. The fraction of sp³-hybridized carbons (Fsp3) is 0.227. The van der Waals surface area contributed by atoms with E-state index in [-0.39, 0.29) is 17.9 Å². The van der Waals surface area contributed by atoms with Crippen LogP contribution in [0.1, 0.15) is 11.1 Å². The maximum absolute atomic E-state index is 13.3. The lowest BCUT2D eigenvalue weighted by molar-refractivity contribution is 0.623. The molecule has 1 aliphatic rings. The van der Waals surface area contributed by atoms with E-state index in [0.29, 0.717) is 35.8 Å². The number of para-hydroxylation sites is 1. The van der Waals surface area contributed by atoms with Crippen LogP contribution in [0.25, 0.3) is 11.2 Å². The molecule has 2 aromatic carbocycles. The van der Waals surface area contributed by atoms with Gasteiger partial charge >= 0.3 is 5.69 Å². The lowest BCUT2D eigenvalue weighted by atomic mass is 10.2. The average Bonchev–Trinajstić information content (AvgIpc) is 3.31. The standard InChI is InChI=1S/C22H20FN5O2/c1-14-5-3-4-6-17(14)26-11-12-27-18-19(24-21(26)27)25(2)22(30)28(20(18)29)13-15-7-9-16(23)10-8-15/h3-10H,11-13H2,1-2H3. The molecule has 0 fully saturated rings. The first-order chi connectivity index (χ1) is 14.5. The Balaban J connectivity index is 1.68. The summed E-state index contributed by atoms with van der Waals surface area (Å²) >= 11 is 0. The van der Waals surface area contributed by atoms with Crippen molar-refractivity contribution < 1.29 is 4.39 Å². The largest absolute Gasteiger partial charge is 0.332 e. The Morgan fingerprint density at radius 2 is 1.77 bits per heavy atom. The highest BCUT2D eigenvalue weighted by atomic mass is 19.1. The number of benzene rings is 2. The van der Waals surface area contributed by atoms with E-state index in [9.17, 15) is 14.0 Å². The molecule has 0 aliphatic carbocycles. The average molecular weight is 405 g/mol. The number of hydrogen-bond donors (Lipinski definition) is 0. The number of halogens is 1. The zero-order valence-corrected chi connectivity index (χ0v) is 16.7. The summed E-state index contributed by atoms with van der Waals surface area (Å²) in [4.78, 5) is 32.9. The first kappa shape index (κ1) is 18.4. The van der Waals surface area contributed by atoms with Crippen molar-refractivity contribution >= 4 is 22.8 Å².